The summed E-state index contributed by atoms with van der Waals surface area (Å²) in [6, 6.07) is 15.6. The maximum absolute atomic E-state index is 10.8. The number of tetrazole rings is 1. The van der Waals surface area contributed by atoms with Crippen molar-refractivity contribution < 1.29 is 15.0 Å². The zero-order valence-corrected chi connectivity index (χ0v) is 19.1. The number of carboxylic acid groups (broad SMARTS) is 1. The van der Waals surface area contributed by atoms with Crippen LogP contribution >= 0.6 is 0 Å². The van der Waals surface area contributed by atoms with E-state index in [1.165, 1.54) is 0 Å². The largest absolute Gasteiger partial charge is 0.508 e. The van der Waals surface area contributed by atoms with Crippen molar-refractivity contribution in [2.45, 2.75) is 25.4 Å². The Morgan fingerprint density at radius 3 is 2.53 bits per heavy atom. The molecule has 9 nitrogen and oxygen atoms in total. The number of hydrogen-bond acceptors (Lipinski definition) is 7. The number of carbonyl (C=O) groups is 1. The lowest BCUT2D eigenvalue weighted by Crippen LogP contribution is -2.47. The lowest BCUT2D eigenvalue weighted by molar-refractivity contribution is -0.137. The summed E-state index contributed by atoms with van der Waals surface area (Å²) in [7, 11) is 0. The average molecular weight is 463 g/mol. The molecule has 9 heteroatoms. The molecular formula is C25H30N6O3. The maximum Gasteiger partial charge on any atom is 0.303 e. The molecule has 0 unspecified atom stereocenters. The fraction of sp³-hybridized carbons (Fsp3) is 0.360. The molecule has 0 aliphatic carbocycles. The van der Waals surface area contributed by atoms with Crippen LogP contribution in [-0.4, -0.2) is 78.9 Å². The zero-order chi connectivity index (χ0) is 23.9. The summed E-state index contributed by atoms with van der Waals surface area (Å²) in [5, 5.41) is 30.9. The molecule has 34 heavy (non-hydrogen) atoms. The molecule has 0 bridgehead atoms. The summed E-state index contributed by atoms with van der Waals surface area (Å²) < 4.78 is 1.64. The minimum absolute atomic E-state index is 0.0126. The van der Waals surface area contributed by atoms with Gasteiger partial charge in [-0.3, -0.25) is 14.6 Å². The second kappa shape index (κ2) is 11.0. The first-order valence-electron chi connectivity index (χ1n) is 11.5. The topological polar surface area (TPSA) is 108 Å². The van der Waals surface area contributed by atoms with Crippen LogP contribution in [0.3, 0.4) is 0 Å². The molecule has 178 valence electrons. The molecule has 2 heterocycles. The molecule has 1 atom stereocenters. The van der Waals surface area contributed by atoms with Gasteiger partial charge in [-0.25, -0.2) is 4.68 Å². The van der Waals surface area contributed by atoms with E-state index >= 15 is 0 Å². The summed E-state index contributed by atoms with van der Waals surface area (Å²) >= 11 is 0. The van der Waals surface area contributed by atoms with Gasteiger partial charge in [0.05, 0.1) is 6.04 Å². The van der Waals surface area contributed by atoms with Crippen LogP contribution in [0.25, 0.3) is 11.4 Å². The van der Waals surface area contributed by atoms with E-state index in [-0.39, 0.29) is 18.2 Å². The van der Waals surface area contributed by atoms with E-state index in [0.717, 1.165) is 49.4 Å². The van der Waals surface area contributed by atoms with Crippen molar-refractivity contribution in [1.82, 2.24) is 30.0 Å². The van der Waals surface area contributed by atoms with Gasteiger partial charge in [-0.05, 0) is 40.1 Å². The normalized spacial score (nSPS) is 15.8. The third-order valence-corrected chi connectivity index (χ3v) is 6.12. The van der Waals surface area contributed by atoms with Crippen molar-refractivity contribution in [3.63, 3.8) is 0 Å². The number of aromatic nitrogens is 4. The Balaban J connectivity index is 1.57. The van der Waals surface area contributed by atoms with Crippen LogP contribution in [0.15, 0.2) is 61.2 Å². The number of benzene rings is 2. The molecule has 1 aliphatic rings. The van der Waals surface area contributed by atoms with Gasteiger partial charge >= 0.3 is 5.97 Å². The Morgan fingerprint density at radius 1 is 1.09 bits per heavy atom. The van der Waals surface area contributed by atoms with Crippen LogP contribution in [0.4, 0.5) is 0 Å². The van der Waals surface area contributed by atoms with Gasteiger partial charge in [-0.2, -0.15) is 0 Å². The first kappa shape index (κ1) is 23.6. The third kappa shape index (κ3) is 5.67. The second-order valence-electron chi connectivity index (χ2n) is 8.47. The highest BCUT2D eigenvalue weighted by molar-refractivity contribution is 5.66. The van der Waals surface area contributed by atoms with Gasteiger partial charge in [0.1, 0.15) is 5.75 Å². The van der Waals surface area contributed by atoms with Crippen molar-refractivity contribution >= 4 is 5.97 Å². The van der Waals surface area contributed by atoms with Gasteiger partial charge in [-0.1, -0.05) is 42.5 Å². The zero-order valence-electron chi connectivity index (χ0n) is 19.1. The van der Waals surface area contributed by atoms with Gasteiger partial charge in [0.25, 0.3) is 0 Å². The van der Waals surface area contributed by atoms with E-state index < -0.39 is 5.97 Å². The lowest BCUT2D eigenvalue weighted by atomic mass is 9.95. The number of aryl methyl sites for hydroxylation is 1. The number of aromatic hydroxyl groups is 1. The molecule has 0 saturated carbocycles. The first-order chi connectivity index (χ1) is 16.5. The van der Waals surface area contributed by atoms with Crippen molar-refractivity contribution in [1.29, 1.82) is 0 Å². The highest BCUT2D eigenvalue weighted by atomic mass is 16.4. The monoisotopic (exact) mass is 462 g/mol. The number of carboxylic acids is 1. The molecule has 1 aliphatic heterocycles. The first-order valence-corrected chi connectivity index (χ1v) is 11.5. The Kier molecular flexibility index (Phi) is 7.66. The van der Waals surface area contributed by atoms with Crippen LogP contribution < -0.4 is 0 Å². The van der Waals surface area contributed by atoms with Crippen LogP contribution in [0, 0.1) is 0 Å². The van der Waals surface area contributed by atoms with Crippen molar-refractivity contribution in [3.8, 4) is 17.1 Å². The quantitative estimate of drug-likeness (QED) is 0.443. The number of phenolic OH excluding ortho intramolecular Hbond substituents is 1. The molecule has 4 rings (SSSR count). The Morgan fingerprint density at radius 2 is 1.85 bits per heavy atom. The highest BCUT2D eigenvalue weighted by Crippen LogP contribution is 2.32. The van der Waals surface area contributed by atoms with Crippen LogP contribution in [0.1, 0.15) is 30.0 Å². The molecule has 1 fully saturated rings. The molecule has 0 radical (unpaired) electrons. The van der Waals surface area contributed by atoms with Crippen molar-refractivity contribution in [2.24, 2.45) is 0 Å². The fourth-order valence-electron chi connectivity index (χ4n) is 4.45. The van der Waals surface area contributed by atoms with E-state index in [1.807, 2.05) is 30.3 Å². The van der Waals surface area contributed by atoms with Gasteiger partial charge in [0, 0.05) is 51.3 Å². The molecule has 1 saturated heterocycles. The second-order valence-corrected chi connectivity index (χ2v) is 8.47. The molecule has 1 aromatic heterocycles. The summed E-state index contributed by atoms with van der Waals surface area (Å²) in [6.07, 6.45) is 2.48. The average Bonchev–Trinajstić information content (AvgIpc) is 3.29. The number of nitrogens with zero attached hydrogens (tertiary/aromatic N) is 6. The van der Waals surface area contributed by atoms with E-state index in [1.54, 1.807) is 10.7 Å². The van der Waals surface area contributed by atoms with Crippen molar-refractivity contribution in [3.05, 3.63) is 72.3 Å². The SMILES string of the molecule is C=CCN1CCN([C@H](c2ccc(-c3nnnn3CCCC(=O)O)cc2)c2cccc(O)c2)CC1. The summed E-state index contributed by atoms with van der Waals surface area (Å²) in [4.78, 5) is 15.6. The maximum atomic E-state index is 10.8. The molecule has 0 spiro atoms. The summed E-state index contributed by atoms with van der Waals surface area (Å²) in [6.45, 7) is 8.93. The molecule has 2 aromatic carbocycles. The number of piperazine rings is 1. The van der Waals surface area contributed by atoms with Crippen LogP contribution in [0.5, 0.6) is 5.75 Å². The Hall–Kier alpha value is -3.56. The lowest BCUT2D eigenvalue weighted by Gasteiger charge is -2.39. The molecular weight excluding hydrogens is 432 g/mol. The number of rotatable bonds is 10. The smallest absolute Gasteiger partial charge is 0.303 e. The Labute approximate surface area is 198 Å². The number of aliphatic carboxylic acids is 1. The minimum atomic E-state index is -0.831. The van der Waals surface area contributed by atoms with Crippen molar-refractivity contribution in [2.75, 3.05) is 32.7 Å². The van der Waals surface area contributed by atoms with E-state index in [2.05, 4.69) is 50.1 Å². The number of hydrogen-bond donors (Lipinski definition) is 2. The van der Waals surface area contributed by atoms with Gasteiger partial charge in [0.15, 0.2) is 5.82 Å². The predicted molar refractivity (Wildman–Crippen MR) is 128 cm³/mol. The molecule has 3 aromatic rings. The Bertz CT molecular complexity index is 1110. The van der Waals surface area contributed by atoms with Crippen LogP contribution in [-0.2, 0) is 11.3 Å². The fourth-order valence-corrected chi connectivity index (χ4v) is 4.45. The third-order valence-electron chi connectivity index (χ3n) is 6.12. The minimum Gasteiger partial charge on any atom is -0.508 e. The van der Waals surface area contributed by atoms with E-state index in [9.17, 15) is 9.90 Å². The predicted octanol–water partition coefficient (Wildman–Crippen LogP) is 2.80. The molecule has 0 amide bonds. The van der Waals surface area contributed by atoms with Gasteiger partial charge < -0.3 is 10.2 Å². The highest BCUT2D eigenvalue weighted by Gasteiger charge is 2.26. The van der Waals surface area contributed by atoms with E-state index in [0.29, 0.717) is 18.8 Å². The summed E-state index contributed by atoms with van der Waals surface area (Å²) in [5.41, 5.74) is 3.04. The van der Waals surface area contributed by atoms with E-state index in [4.69, 9.17) is 5.11 Å². The number of phenols is 1. The standard InChI is InChI=1S/C25H30N6O3/c1-2-12-29-14-16-30(17-15-29)24(21-5-3-6-22(32)18-21)19-8-10-20(11-9-19)25-26-27-28-31(25)13-4-7-23(33)34/h2-3,5-6,8-11,18,24,32H,1,4,7,12-17H2,(H,33,34)/t24-/m1/s1. The van der Waals surface area contributed by atoms with Crippen LogP contribution in [0.2, 0.25) is 0 Å². The molecule has 2 N–H and O–H groups in total. The van der Waals surface area contributed by atoms with Gasteiger partial charge in [-0.15, -0.1) is 11.7 Å². The summed E-state index contributed by atoms with van der Waals surface area (Å²) in [5.74, 6) is 0.0381. The van der Waals surface area contributed by atoms with Gasteiger partial charge in [0.2, 0.25) is 0 Å².